The molecule has 130 valence electrons. The summed E-state index contributed by atoms with van der Waals surface area (Å²) >= 11 is 0. The minimum atomic E-state index is -2.71. The largest absolute Gasteiger partial charge is 0.455 e. The number of nitrogens with one attached hydrogen (secondary N) is 1. The normalized spacial score (nSPS) is 36.4. The highest BCUT2D eigenvalue weighted by atomic mass is 28.4. The average molecular weight is 343 g/mol. The third kappa shape index (κ3) is 2.38. The van der Waals surface area contributed by atoms with Crippen LogP contribution in [0, 0.1) is 0 Å². The molecule has 0 spiro atoms. The van der Waals surface area contributed by atoms with Crippen LogP contribution in [0.4, 0.5) is 4.79 Å². The quantitative estimate of drug-likeness (QED) is 0.534. The minimum absolute atomic E-state index is 0.191. The number of ether oxygens (including phenoxy) is 2. The lowest BCUT2D eigenvalue weighted by Gasteiger charge is -2.55. The van der Waals surface area contributed by atoms with Crippen molar-refractivity contribution in [2.45, 2.75) is 76.0 Å². The molecule has 7 nitrogen and oxygen atoms in total. The van der Waals surface area contributed by atoms with E-state index in [0.717, 1.165) is 0 Å². The first-order chi connectivity index (χ1) is 10.5. The second kappa shape index (κ2) is 4.94. The Labute approximate surface area is 137 Å². The summed E-state index contributed by atoms with van der Waals surface area (Å²) in [6.07, 6.45) is -2.29. The Hall–Kier alpha value is -1.12. The molecule has 0 bridgehead atoms. The molecule has 0 unspecified atom stereocenters. The summed E-state index contributed by atoms with van der Waals surface area (Å²) < 4.78 is 23.5. The van der Waals surface area contributed by atoms with Crippen LogP contribution in [0.3, 0.4) is 0 Å². The number of carbonyl (C=O) groups excluding carboxylic acids is 2. The Bertz CT molecular complexity index is 523. The minimum Gasteiger partial charge on any atom is -0.455 e. The summed E-state index contributed by atoms with van der Waals surface area (Å²) in [5.74, 6) is -0.491. The van der Waals surface area contributed by atoms with Crippen LogP contribution < -0.4 is 5.32 Å². The van der Waals surface area contributed by atoms with Gasteiger partial charge in [-0.3, -0.25) is 0 Å². The number of esters is 1. The van der Waals surface area contributed by atoms with E-state index in [1.165, 1.54) is 0 Å². The zero-order valence-electron chi connectivity index (χ0n) is 14.5. The first-order valence-corrected chi connectivity index (χ1v) is 9.77. The molecule has 0 aromatic heterocycles. The summed E-state index contributed by atoms with van der Waals surface area (Å²) in [6.45, 7) is 12.9. The number of amides is 1. The average Bonchev–Trinajstić information content (AvgIpc) is 2.78. The zero-order valence-corrected chi connectivity index (χ0v) is 15.5. The van der Waals surface area contributed by atoms with Crippen molar-refractivity contribution in [3.8, 4) is 0 Å². The van der Waals surface area contributed by atoms with Crippen molar-refractivity contribution >= 4 is 20.6 Å². The monoisotopic (exact) mass is 343 g/mol. The van der Waals surface area contributed by atoms with E-state index >= 15 is 0 Å². The third-order valence-electron chi connectivity index (χ3n) is 4.78. The van der Waals surface area contributed by atoms with E-state index < -0.39 is 45.0 Å². The van der Waals surface area contributed by atoms with Crippen LogP contribution in [-0.2, 0) is 23.1 Å². The van der Waals surface area contributed by atoms with E-state index in [2.05, 4.69) is 46.9 Å². The van der Waals surface area contributed by atoms with E-state index in [1.807, 2.05) is 0 Å². The van der Waals surface area contributed by atoms with Crippen LogP contribution in [0.1, 0.15) is 41.5 Å². The molecule has 0 aromatic carbocycles. The number of carbonyl (C=O) groups is 2. The highest BCUT2D eigenvalue weighted by Crippen LogP contribution is 2.55. The summed E-state index contributed by atoms with van der Waals surface area (Å²) in [4.78, 5) is 23.6. The van der Waals surface area contributed by atoms with Crippen LogP contribution in [0.5, 0.6) is 0 Å². The maximum Gasteiger partial charge on any atom is 0.408 e. The molecule has 0 radical (unpaired) electrons. The molecule has 0 aliphatic carbocycles. The molecule has 3 aliphatic heterocycles. The Morgan fingerprint density at radius 3 is 2.17 bits per heavy atom. The standard InChI is InChI=1S/C15H25NO6Si/c1-14(2,3)23(15(4,5)6)19-7-8-10(22-23)11-9(12(17)20-8)16-13(18)21-11/h8-11H,7H2,1-6H3,(H,16,18)/t8-,9+,10-,11-/m1/s1. The first-order valence-electron chi connectivity index (χ1n) is 7.96. The number of hydrogen-bond acceptors (Lipinski definition) is 6. The SMILES string of the molecule is CC(C)(C)[Si]1(C(C)(C)C)OC[C@H]2OC(=O)[C@H]3NC(=O)O[C@H]3[C@@H]2O1. The predicted octanol–water partition coefficient (Wildman–Crippen LogP) is 1.85. The molecular formula is C15H25NO6Si. The van der Waals surface area contributed by atoms with E-state index in [-0.39, 0.29) is 16.7 Å². The van der Waals surface area contributed by atoms with Crippen LogP contribution in [0.25, 0.3) is 0 Å². The van der Waals surface area contributed by atoms with Crippen LogP contribution >= 0.6 is 0 Å². The van der Waals surface area contributed by atoms with Gasteiger partial charge in [0.25, 0.3) is 0 Å². The smallest absolute Gasteiger partial charge is 0.408 e. The Kier molecular flexibility index (Phi) is 3.59. The summed E-state index contributed by atoms with van der Waals surface area (Å²) in [5.41, 5.74) is 0. The van der Waals surface area contributed by atoms with Gasteiger partial charge in [-0.1, -0.05) is 41.5 Å². The van der Waals surface area contributed by atoms with Crippen molar-refractivity contribution in [2.24, 2.45) is 0 Å². The maximum absolute atomic E-state index is 12.0. The summed E-state index contributed by atoms with van der Waals surface area (Å²) in [5, 5.41) is 2.12. The van der Waals surface area contributed by atoms with E-state index in [9.17, 15) is 9.59 Å². The van der Waals surface area contributed by atoms with Crippen LogP contribution in [0.2, 0.25) is 10.1 Å². The van der Waals surface area contributed by atoms with Crippen LogP contribution in [0.15, 0.2) is 0 Å². The molecule has 23 heavy (non-hydrogen) atoms. The van der Waals surface area contributed by atoms with Gasteiger partial charge < -0.3 is 23.6 Å². The number of rotatable bonds is 0. The molecule has 0 aromatic rings. The van der Waals surface area contributed by atoms with E-state index in [0.29, 0.717) is 0 Å². The van der Waals surface area contributed by atoms with Crippen molar-refractivity contribution < 1.29 is 27.9 Å². The summed E-state index contributed by atoms with van der Waals surface area (Å²) in [6, 6.07) is -0.798. The fourth-order valence-corrected chi connectivity index (χ4v) is 8.95. The molecule has 1 N–H and O–H groups in total. The lowest BCUT2D eigenvalue weighted by atomic mass is 9.99. The van der Waals surface area contributed by atoms with Gasteiger partial charge >= 0.3 is 20.6 Å². The van der Waals surface area contributed by atoms with Crippen molar-refractivity contribution in [2.75, 3.05) is 6.61 Å². The van der Waals surface area contributed by atoms with Crippen LogP contribution in [-0.4, -0.2) is 51.6 Å². The van der Waals surface area contributed by atoms with Gasteiger partial charge in [0.1, 0.15) is 6.10 Å². The molecule has 3 fully saturated rings. The molecule has 3 rings (SSSR count). The van der Waals surface area contributed by atoms with Crippen molar-refractivity contribution in [1.82, 2.24) is 5.32 Å². The maximum atomic E-state index is 12.0. The van der Waals surface area contributed by atoms with Gasteiger partial charge in [0.05, 0.1) is 6.61 Å². The molecular weight excluding hydrogens is 318 g/mol. The molecule has 3 heterocycles. The molecule has 1 amide bonds. The Balaban J connectivity index is 1.96. The van der Waals surface area contributed by atoms with Gasteiger partial charge in [-0.25, -0.2) is 9.59 Å². The van der Waals surface area contributed by atoms with Gasteiger partial charge in [-0.05, 0) is 0 Å². The number of fused-ring (bicyclic) bond motifs is 3. The first kappa shape index (κ1) is 16.7. The second-order valence-electron chi connectivity index (χ2n) is 8.48. The van der Waals surface area contributed by atoms with Gasteiger partial charge in [0.15, 0.2) is 18.2 Å². The lowest BCUT2D eigenvalue weighted by molar-refractivity contribution is -0.192. The molecule has 3 saturated heterocycles. The lowest BCUT2D eigenvalue weighted by Crippen LogP contribution is -2.70. The van der Waals surface area contributed by atoms with E-state index in [1.54, 1.807) is 0 Å². The molecule has 0 saturated carbocycles. The highest BCUT2D eigenvalue weighted by molar-refractivity contribution is 6.73. The zero-order chi connectivity index (χ0) is 17.2. The Morgan fingerprint density at radius 2 is 1.61 bits per heavy atom. The van der Waals surface area contributed by atoms with Gasteiger partial charge in [-0.2, -0.15) is 0 Å². The second-order valence-corrected chi connectivity index (χ2v) is 13.2. The fourth-order valence-electron chi connectivity index (χ4n) is 3.99. The topological polar surface area (TPSA) is 83.1 Å². The predicted molar refractivity (Wildman–Crippen MR) is 83.1 cm³/mol. The van der Waals surface area contributed by atoms with Crippen molar-refractivity contribution in [1.29, 1.82) is 0 Å². The summed E-state index contributed by atoms with van der Waals surface area (Å²) in [7, 11) is -2.71. The van der Waals surface area contributed by atoms with Gasteiger partial charge in [0.2, 0.25) is 0 Å². The van der Waals surface area contributed by atoms with Gasteiger partial charge in [-0.15, -0.1) is 0 Å². The molecule has 4 atom stereocenters. The fraction of sp³-hybridized carbons (Fsp3) is 0.867. The van der Waals surface area contributed by atoms with E-state index in [4.69, 9.17) is 18.3 Å². The van der Waals surface area contributed by atoms with Gasteiger partial charge in [0, 0.05) is 10.1 Å². The highest BCUT2D eigenvalue weighted by Gasteiger charge is 2.66. The molecule has 3 aliphatic rings. The number of hydrogen-bond donors (Lipinski definition) is 1. The van der Waals surface area contributed by atoms with Crippen molar-refractivity contribution in [3.05, 3.63) is 0 Å². The third-order valence-corrected chi connectivity index (χ3v) is 9.91. The molecule has 8 heteroatoms. The Morgan fingerprint density at radius 1 is 1.00 bits per heavy atom. The number of alkyl carbamates (subject to hydrolysis) is 1. The van der Waals surface area contributed by atoms with Crippen molar-refractivity contribution in [3.63, 3.8) is 0 Å².